The van der Waals surface area contributed by atoms with Gasteiger partial charge in [0.15, 0.2) is 5.96 Å². The molecule has 0 saturated carbocycles. The average molecular weight is 332 g/mol. The minimum Gasteiger partial charge on any atom is -0.380 e. The molecule has 1 heterocycles. The highest BCUT2D eigenvalue weighted by molar-refractivity contribution is 5.95. The van der Waals surface area contributed by atoms with Crippen molar-refractivity contribution in [1.82, 2.24) is 10.6 Å². The smallest absolute Gasteiger partial charge is 0.227 e. The highest BCUT2D eigenvalue weighted by Gasteiger charge is 2.23. The number of hydrogen-bond donors (Lipinski definition) is 2. The third kappa shape index (κ3) is 5.23. The second-order valence-corrected chi connectivity index (χ2v) is 5.65. The van der Waals surface area contributed by atoms with E-state index in [-0.39, 0.29) is 5.91 Å². The Balaban J connectivity index is 1.66. The number of aliphatic imine (C=N–C) groups is 1. The molecular formula is C18H28N4O2. The Morgan fingerprint density at radius 1 is 1.29 bits per heavy atom. The van der Waals surface area contributed by atoms with Gasteiger partial charge in [0.2, 0.25) is 5.91 Å². The summed E-state index contributed by atoms with van der Waals surface area (Å²) in [7, 11) is 1.74. The molecular weight excluding hydrogens is 304 g/mol. The molecule has 1 aliphatic rings. The number of nitrogens with zero attached hydrogens (tertiary/aromatic N) is 2. The first-order chi connectivity index (χ1) is 11.8. The van der Waals surface area contributed by atoms with Crippen LogP contribution in [0.25, 0.3) is 0 Å². The van der Waals surface area contributed by atoms with Gasteiger partial charge >= 0.3 is 0 Å². The number of amides is 1. The van der Waals surface area contributed by atoms with Gasteiger partial charge in [-0.1, -0.05) is 18.2 Å². The largest absolute Gasteiger partial charge is 0.380 e. The first-order valence-electron chi connectivity index (χ1n) is 8.66. The molecule has 2 N–H and O–H groups in total. The highest BCUT2D eigenvalue weighted by Crippen LogP contribution is 2.27. The number of para-hydroxylation sites is 1. The number of fused-ring (bicyclic) bond motifs is 1. The Morgan fingerprint density at radius 2 is 2.08 bits per heavy atom. The molecule has 0 saturated heterocycles. The maximum Gasteiger partial charge on any atom is 0.227 e. The summed E-state index contributed by atoms with van der Waals surface area (Å²) in [5.74, 6) is 0.940. The monoisotopic (exact) mass is 332 g/mol. The fraction of sp³-hybridized carbons (Fsp3) is 0.556. The molecule has 0 unspecified atom stereocenters. The van der Waals surface area contributed by atoms with E-state index in [1.807, 2.05) is 30.0 Å². The quantitative estimate of drug-likeness (QED) is 0.431. The zero-order valence-electron chi connectivity index (χ0n) is 14.7. The molecule has 0 bridgehead atoms. The van der Waals surface area contributed by atoms with Crippen LogP contribution < -0.4 is 15.5 Å². The minimum atomic E-state index is 0.195. The maximum atomic E-state index is 12.4. The molecule has 2 rings (SSSR count). The number of ether oxygens (including phenoxy) is 1. The van der Waals surface area contributed by atoms with E-state index in [1.165, 1.54) is 5.56 Å². The van der Waals surface area contributed by atoms with Gasteiger partial charge in [-0.25, -0.2) is 0 Å². The third-order valence-corrected chi connectivity index (χ3v) is 4.01. The van der Waals surface area contributed by atoms with Crippen LogP contribution >= 0.6 is 0 Å². The van der Waals surface area contributed by atoms with Crippen LogP contribution in [-0.2, 0) is 16.0 Å². The number of hydrogen-bond acceptors (Lipinski definition) is 3. The van der Waals surface area contributed by atoms with Crippen molar-refractivity contribution >= 4 is 17.6 Å². The molecule has 0 fully saturated rings. The second-order valence-electron chi connectivity index (χ2n) is 5.65. The van der Waals surface area contributed by atoms with E-state index in [0.29, 0.717) is 13.0 Å². The van der Waals surface area contributed by atoms with Gasteiger partial charge in [-0.15, -0.1) is 0 Å². The van der Waals surface area contributed by atoms with Crippen LogP contribution in [0.4, 0.5) is 5.69 Å². The van der Waals surface area contributed by atoms with E-state index in [9.17, 15) is 4.79 Å². The van der Waals surface area contributed by atoms with Crippen LogP contribution in [-0.4, -0.2) is 51.8 Å². The van der Waals surface area contributed by atoms with Crippen molar-refractivity contribution in [3.8, 4) is 0 Å². The van der Waals surface area contributed by atoms with Crippen LogP contribution in [0.2, 0.25) is 0 Å². The van der Waals surface area contributed by atoms with E-state index in [0.717, 1.165) is 50.7 Å². The number of anilines is 1. The van der Waals surface area contributed by atoms with Crippen LogP contribution in [0, 0.1) is 0 Å². The van der Waals surface area contributed by atoms with E-state index in [4.69, 9.17) is 4.74 Å². The standard InChI is InChI=1S/C18H28N4O2/c1-3-24-14-12-21-18(19-2)20-11-6-9-17(23)22-13-10-15-7-4-5-8-16(15)22/h4-5,7-8H,3,6,9-14H2,1-2H3,(H2,19,20,21). The summed E-state index contributed by atoms with van der Waals surface area (Å²) in [6, 6.07) is 8.15. The first-order valence-corrected chi connectivity index (χ1v) is 8.66. The van der Waals surface area contributed by atoms with Crippen molar-refractivity contribution in [3.63, 3.8) is 0 Å². The van der Waals surface area contributed by atoms with Gasteiger partial charge in [-0.3, -0.25) is 9.79 Å². The molecule has 0 radical (unpaired) electrons. The van der Waals surface area contributed by atoms with Crippen molar-refractivity contribution in [3.05, 3.63) is 29.8 Å². The Bertz CT molecular complexity index is 560. The number of guanidine groups is 1. The van der Waals surface area contributed by atoms with Crippen molar-refractivity contribution in [2.45, 2.75) is 26.2 Å². The van der Waals surface area contributed by atoms with Crippen LogP contribution in [0.3, 0.4) is 0 Å². The molecule has 24 heavy (non-hydrogen) atoms. The third-order valence-electron chi connectivity index (χ3n) is 4.01. The second kappa shape index (κ2) is 9.93. The summed E-state index contributed by atoms with van der Waals surface area (Å²) in [6.45, 7) is 5.58. The minimum absolute atomic E-state index is 0.195. The summed E-state index contributed by atoms with van der Waals surface area (Å²) in [6.07, 6.45) is 2.28. The van der Waals surface area contributed by atoms with E-state index in [2.05, 4.69) is 21.7 Å². The predicted molar refractivity (Wildman–Crippen MR) is 97.6 cm³/mol. The summed E-state index contributed by atoms with van der Waals surface area (Å²) >= 11 is 0. The van der Waals surface area contributed by atoms with Crippen LogP contribution in [0.1, 0.15) is 25.3 Å². The summed E-state index contributed by atoms with van der Waals surface area (Å²) < 4.78 is 5.28. The van der Waals surface area contributed by atoms with Crippen molar-refractivity contribution < 1.29 is 9.53 Å². The van der Waals surface area contributed by atoms with Gasteiger partial charge in [0.25, 0.3) is 0 Å². The summed E-state index contributed by atoms with van der Waals surface area (Å²) in [5.41, 5.74) is 2.34. The van der Waals surface area contributed by atoms with Crippen molar-refractivity contribution in [2.24, 2.45) is 4.99 Å². The van der Waals surface area contributed by atoms with Gasteiger partial charge in [-0.2, -0.15) is 0 Å². The van der Waals surface area contributed by atoms with E-state index < -0.39 is 0 Å². The molecule has 0 atom stereocenters. The number of nitrogens with one attached hydrogen (secondary N) is 2. The normalized spacial score (nSPS) is 13.8. The van der Waals surface area contributed by atoms with Crippen LogP contribution in [0.5, 0.6) is 0 Å². The van der Waals surface area contributed by atoms with E-state index >= 15 is 0 Å². The molecule has 132 valence electrons. The molecule has 0 aromatic heterocycles. The number of carbonyl (C=O) groups excluding carboxylic acids is 1. The molecule has 6 heteroatoms. The van der Waals surface area contributed by atoms with Gasteiger partial charge in [0, 0.05) is 45.4 Å². The molecule has 1 aromatic rings. The highest BCUT2D eigenvalue weighted by atomic mass is 16.5. The Hall–Kier alpha value is -2.08. The van der Waals surface area contributed by atoms with Crippen molar-refractivity contribution in [1.29, 1.82) is 0 Å². The zero-order chi connectivity index (χ0) is 17.2. The van der Waals surface area contributed by atoms with Gasteiger partial charge in [0.05, 0.1) is 6.61 Å². The number of carbonyl (C=O) groups is 1. The van der Waals surface area contributed by atoms with Gasteiger partial charge in [-0.05, 0) is 31.4 Å². The Kier molecular flexibility index (Phi) is 7.55. The molecule has 0 aliphatic carbocycles. The Morgan fingerprint density at radius 3 is 2.88 bits per heavy atom. The Labute approximate surface area is 144 Å². The number of rotatable bonds is 8. The SMILES string of the molecule is CCOCCNC(=NC)NCCCC(=O)N1CCc2ccccc21. The summed E-state index contributed by atoms with van der Waals surface area (Å²) in [5, 5.41) is 6.40. The zero-order valence-corrected chi connectivity index (χ0v) is 14.7. The molecule has 6 nitrogen and oxygen atoms in total. The summed E-state index contributed by atoms with van der Waals surface area (Å²) in [4.78, 5) is 18.5. The number of benzene rings is 1. The van der Waals surface area contributed by atoms with E-state index in [1.54, 1.807) is 7.05 Å². The lowest BCUT2D eigenvalue weighted by Crippen LogP contribution is -2.39. The predicted octanol–water partition coefficient (Wildman–Crippen LogP) is 1.56. The molecule has 1 aliphatic heterocycles. The topological polar surface area (TPSA) is 66.0 Å². The average Bonchev–Trinajstić information content (AvgIpc) is 3.04. The maximum absolute atomic E-state index is 12.4. The fourth-order valence-corrected chi connectivity index (χ4v) is 2.79. The molecule has 1 amide bonds. The van der Waals surface area contributed by atoms with Crippen molar-refractivity contribution in [2.75, 3.05) is 44.8 Å². The molecule has 0 spiro atoms. The lowest BCUT2D eigenvalue weighted by Gasteiger charge is -2.17. The van der Waals surface area contributed by atoms with Gasteiger partial charge in [0.1, 0.15) is 0 Å². The fourth-order valence-electron chi connectivity index (χ4n) is 2.79. The van der Waals surface area contributed by atoms with Crippen LogP contribution in [0.15, 0.2) is 29.3 Å². The lowest BCUT2D eigenvalue weighted by molar-refractivity contribution is -0.118. The first kappa shape index (κ1) is 18.3. The molecule has 1 aromatic carbocycles. The lowest BCUT2D eigenvalue weighted by atomic mass is 10.2. The van der Waals surface area contributed by atoms with Gasteiger partial charge < -0.3 is 20.3 Å².